The van der Waals surface area contributed by atoms with Crippen LogP contribution in [-0.2, 0) is 10.5 Å². The van der Waals surface area contributed by atoms with Crippen LogP contribution in [0.1, 0.15) is 43.0 Å². The first kappa shape index (κ1) is 17.9. The predicted molar refractivity (Wildman–Crippen MR) is 104 cm³/mol. The number of ether oxygens (including phenoxy) is 1. The average Bonchev–Trinajstić information content (AvgIpc) is 2.55. The molecule has 25 heavy (non-hydrogen) atoms. The molecule has 1 amide bonds. The molecule has 0 aromatic heterocycles. The molecular weight excluding hydrogens is 330 g/mol. The molecule has 2 aromatic carbocycles. The van der Waals surface area contributed by atoms with Crippen LogP contribution in [0.4, 0.5) is 0 Å². The van der Waals surface area contributed by atoms with Gasteiger partial charge in [-0.15, -0.1) is 11.8 Å². The highest BCUT2D eigenvalue weighted by molar-refractivity contribution is 7.99. The van der Waals surface area contributed by atoms with E-state index in [1.165, 1.54) is 11.1 Å². The number of amides is 1. The maximum atomic E-state index is 12.4. The minimum absolute atomic E-state index is 0.00603. The smallest absolute Gasteiger partial charge is 0.230 e. The zero-order valence-corrected chi connectivity index (χ0v) is 15.9. The summed E-state index contributed by atoms with van der Waals surface area (Å²) in [6.45, 7) is 6.24. The zero-order valence-electron chi connectivity index (χ0n) is 15.0. The Morgan fingerprint density at radius 3 is 2.72 bits per heavy atom. The van der Waals surface area contributed by atoms with Crippen molar-refractivity contribution in [3.8, 4) is 5.75 Å². The molecular formula is C21H25NO2S. The van der Waals surface area contributed by atoms with Gasteiger partial charge in [-0.05, 0) is 38.0 Å². The molecule has 0 radical (unpaired) electrons. The van der Waals surface area contributed by atoms with E-state index >= 15 is 0 Å². The molecule has 0 fully saturated rings. The lowest BCUT2D eigenvalue weighted by atomic mass is 9.90. The third-order valence-electron chi connectivity index (χ3n) is 4.46. The standard InChI is InChI=1S/C21H25NO2S/c1-15-8-4-5-9-16(15)13-25-14-20(23)22-18-12-21(2,3)24-19-11-7-6-10-17(18)19/h4-11,18H,12-14H2,1-3H3,(H,22,23). The zero-order chi connectivity index (χ0) is 17.9. The van der Waals surface area contributed by atoms with E-state index in [1.54, 1.807) is 11.8 Å². The molecule has 1 atom stereocenters. The number of aryl methyl sites for hydroxylation is 1. The van der Waals surface area contributed by atoms with E-state index in [4.69, 9.17) is 4.74 Å². The number of fused-ring (bicyclic) bond motifs is 1. The van der Waals surface area contributed by atoms with E-state index in [9.17, 15) is 4.79 Å². The molecule has 132 valence electrons. The molecule has 0 aliphatic carbocycles. The third-order valence-corrected chi connectivity index (χ3v) is 5.45. The minimum atomic E-state index is -0.277. The predicted octanol–water partition coefficient (Wildman–Crippen LogP) is 4.65. The molecule has 2 aromatic rings. The molecule has 3 nitrogen and oxygen atoms in total. The van der Waals surface area contributed by atoms with Gasteiger partial charge in [-0.2, -0.15) is 0 Å². The number of para-hydroxylation sites is 1. The Labute approximate surface area is 154 Å². The van der Waals surface area contributed by atoms with E-state index in [0.29, 0.717) is 5.75 Å². The molecule has 1 aliphatic heterocycles. The van der Waals surface area contributed by atoms with Crippen LogP contribution in [-0.4, -0.2) is 17.3 Å². The lowest BCUT2D eigenvalue weighted by molar-refractivity contribution is -0.119. The number of nitrogens with one attached hydrogen (secondary N) is 1. The fourth-order valence-corrected chi connectivity index (χ4v) is 4.11. The van der Waals surface area contributed by atoms with Gasteiger partial charge < -0.3 is 10.1 Å². The first-order chi connectivity index (χ1) is 11.9. The van der Waals surface area contributed by atoms with Gasteiger partial charge in [0.15, 0.2) is 0 Å². The van der Waals surface area contributed by atoms with Crippen LogP contribution < -0.4 is 10.1 Å². The van der Waals surface area contributed by atoms with Gasteiger partial charge in [0.1, 0.15) is 11.4 Å². The maximum Gasteiger partial charge on any atom is 0.230 e. The van der Waals surface area contributed by atoms with Crippen LogP contribution in [0.15, 0.2) is 48.5 Å². The number of rotatable bonds is 5. The van der Waals surface area contributed by atoms with Crippen LogP contribution in [0, 0.1) is 6.92 Å². The molecule has 3 rings (SSSR count). The Bertz CT molecular complexity index is 757. The van der Waals surface area contributed by atoms with Crippen molar-refractivity contribution in [1.82, 2.24) is 5.32 Å². The lowest BCUT2D eigenvalue weighted by Crippen LogP contribution is -2.41. The number of hydrogen-bond donors (Lipinski definition) is 1. The van der Waals surface area contributed by atoms with Crippen molar-refractivity contribution in [2.45, 2.75) is 44.6 Å². The van der Waals surface area contributed by atoms with Gasteiger partial charge in [-0.3, -0.25) is 4.79 Å². The van der Waals surface area contributed by atoms with Gasteiger partial charge in [-0.1, -0.05) is 42.5 Å². The normalized spacial score (nSPS) is 18.1. The highest BCUT2D eigenvalue weighted by Crippen LogP contribution is 2.39. The van der Waals surface area contributed by atoms with Crippen LogP contribution in [0.5, 0.6) is 5.75 Å². The Morgan fingerprint density at radius 1 is 1.20 bits per heavy atom. The van der Waals surface area contributed by atoms with Crippen LogP contribution >= 0.6 is 11.8 Å². The second-order valence-electron chi connectivity index (χ2n) is 7.14. The second kappa shape index (κ2) is 7.52. The minimum Gasteiger partial charge on any atom is -0.487 e. The average molecular weight is 356 g/mol. The van der Waals surface area contributed by atoms with Crippen molar-refractivity contribution < 1.29 is 9.53 Å². The van der Waals surface area contributed by atoms with Crippen molar-refractivity contribution in [2.75, 3.05) is 5.75 Å². The maximum absolute atomic E-state index is 12.4. The van der Waals surface area contributed by atoms with E-state index in [1.807, 2.05) is 36.4 Å². The van der Waals surface area contributed by atoms with Crippen molar-refractivity contribution in [3.05, 3.63) is 65.2 Å². The second-order valence-corrected chi connectivity index (χ2v) is 8.13. The molecule has 1 aliphatic rings. The molecule has 0 bridgehead atoms. The Morgan fingerprint density at radius 2 is 1.92 bits per heavy atom. The molecule has 4 heteroatoms. The van der Waals surface area contributed by atoms with Gasteiger partial charge in [0.25, 0.3) is 0 Å². The van der Waals surface area contributed by atoms with Gasteiger partial charge >= 0.3 is 0 Å². The summed E-state index contributed by atoms with van der Waals surface area (Å²) in [5, 5.41) is 3.19. The summed E-state index contributed by atoms with van der Waals surface area (Å²) in [4.78, 5) is 12.4. The number of thioether (sulfide) groups is 1. The van der Waals surface area contributed by atoms with E-state index in [-0.39, 0.29) is 17.6 Å². The summed E-state index contributed by atoms with van der Waals surface area (Å²) in [7, 11) is 0. The lowest BCUT2D eigenvalue weighted by Gasteiger charge is -2.37. The van der Waals surface area contributed by atoms with Gasteiger partial charge in [0, 0.05) is 17.7 Å². The highest BCUT2D eigenvalue weighted by atomic mass is 32.2. The Hall–Kier alpha value is -1.94. The van der Waals surface area contributed by atoms with E-state index < -0.39 is 0 Å². The van der Waals surface area contributed by atoms with Gasteiger partial charge in [0.2, 0.25) is 5.91 Å². The summed E-state index contributed by atoms with van der Waals surface area (Å²) in [5.41, 5.74) is 3.35. The van der Waals surface area contributed by atoms with Crippen LogP contribution in [0.25, 0.3) is 0 Å². The molecule has 1 N–H and O–H groups in total. The highest BCUT2D eigenvalue weighted by Gasteiger charge is 2.34. The summed E-state index contributed by atoms with van der Waals surface area (Å²) >= 11 is 1.66. The van der Waals surface area contributed by atoms with Crippen molar-refractivity contribution >= 4 is 17.7 Å². The first-order valence-corrected chi connectivity index (χ1v) is 9.80. The Balaban J connectivity index is 1.58. The topological polar surface area (TPSA) is 38.3 Å². The fourth-order valence-electron chi connectivity index (χ4n) is 3.19. The number of carbonyl (C=O) groups is 1. The summed E-state index contributed by atoms with van der Waals surface area (Å²) in [6.07, 6.45) is 0.776. The number of benzene rings is 2. The summed E-state index contributed by atoms with van der Waals surface area (Å²) < 4.78 is 6.03. The fraction of sp³-hybridized carbons (Fsp3) is 0.381. The largest absolute Gasteiger partial charge is 0.487 e. The quantitative estimate of drug-likeness (QED) is 0.849. The van der Waals surface area contributed by atoms with Gasteiger partial charge in [0.05, 0.1) is 11.8 Å². The van der Waals surface area contributed by atoms with Crippen LogP contribution in [0.3, 0.4) is 0 Å². The summed E-state index contributed by atoms with van der Waals surface area (Å²) in [6, 6.07) is 16.3. The third kappa shape index (κ3) is 4.57. The van der Waals surface area contributed by atoms with E-state index in [2.05, 4.69) is 38.2 Å². The van der Waals surface area contributed by atoms with E-state index in [0.717, 1.165) is 23.5 Å². The van der Waals surface area contributed by atoms with Gasteiger partial charge in [-0.25, -0.2) is 0 Å². The Kier molecular flexibility index (Phi) is 5.38. The monoisotopic (exact) mass is 355 g/mol. The van der Waals surface area contributed by atoms with Crippen molar-refractivity contribution in [3.63, 3.8) is 0 Å². The molecule has 0 saturated carbocycles. The summed E-state index contributed by atoms with van der Waals surface area (Å²) in [5.74, 6) is 2.28. The molecule has 0 saturated heterocycles. The first-order valence-electron chi connectivity index (χ1n) is 8.64. The molecule has 1 heterocycles. The van der Waals surface area contributed by atoms with Crippen LogP contribution in [0.2, 0.25) is 0 Å². The van der Waals surface area contributed by atoms with Crippen molar-refractivity contribution in [1.29, 1.82) is 0 Å². The number of carbonyl (C=O) groups excluding carboxylic acids is 1. The molecule has 1 unspecified atom stereocenters. The number of hydrogen-bond acceptors (Lipinski definition) is 3. The molecule has 0 spiro atoms. The van der Waals surface area contributed by atoms with Crippen molar-refractivity contribution in [2.24, 2.45) is 0 Å². The SMILES string of the molecule is Cc1ccccc1CSCC(=O)NC1CC(C)(C)Oc2ccccc21.